The van der Waals surface area contributed by atoms with Gasteiger partial charge in [-0.3, -0.25) is 0 Å². The van der Waals surface area contributed by atoms with Crippen molar-refractivity contribution in [1.29, 1.82) is 0 Å². The zero-order valence-electron chi connectivity index (χ0n) is 9.59. The van der Waals surface area contributed by atoms with E-state index in [0.29, 0.717) is 12.4 Å². The van der Waals surface area contributed by atoms with Crippen molar-refractivity contribution in [3.05, 3.63) is 64.4 Å². The second-order valence-corrected chi connectivity index (χ2v) is 4.57. The van der Waals surface area contributed by atoms with Crippen molar-refractivity contribution in [2.75, 3.05) is 5.32 Å². The van der Waals surface area contributed by atoms with E-state index in [9.17, 15) is 4.39 Å². The Bertz CT molecular complexity index is 543. The molecule has 1 nitrogen and oxygen atoms in total. The van der Waals surface area contributed by atoms with Crippen LogP contribution < -0.4 is 5.32 Å². The van der Waals surface area contributed by atoms with Crippen LogP contribution in [0.25, 0.3) is 0 Å². The molecular weight excluding hydrogens is 272 g/mol. The van der Waals surface area contributed by atoms with Crippen LogP contribution in [0.4, 0.5) is 10.1 Å². The average Bonchev–Trinajstić information content (AvgIpc) is 2.40. The van der Waals surface area contributed by atoms with Crippen LogP contribution in [0, 0.1) is 5.82 Å². The van der Waals surface area contributed by atoms with Gasteiger partial charge >= 0.3 is 0 Å². The van der Waals surface area contributed by atoms with Crippen LogP contribution in [-0.2, 0) is 12.4 Å². The summed E-state index contributed by atoms with van der Waals surface area (Å²) in [5, 5.41) is 3.40. The third-order valence-corrected chi connectivity index (χ3v) is 3.21. The molecule has 0 unspecified atom stereocenters. The van der Waals surface area contributed by atoms with E-state index < -0.39 is 5.82 Å². The quantitative estimate of drug-likeness (QED) is 0.793. The third kappa shape index (κ3) is 3.15. The molecule has 2 aromatic rings. The molecule has 0 atom stereocenters. The number of alkyl halides is 1. The fourth-order valence-electron chi connectivity index (χ4n) is 1.66. The van der Waals surface area contributed by atoms with Crippen LogP contribution in [0.15, 0.2) is 42.5 Å². The Morgan fingerprint density at radius 3 is 2.61 bits per heavy atom. The van der Waals surface area contributed by atoms with Crippen LogP contribution >= 0.6 is 23.2 Å². The Kier molecular flexibility index (Phi) is 4.45. The molecule has 94 valence electrons. The molecule has 1 N–H and O–H groups in total. The standard InChI is InChI=1S/C14H12Cl2FN/c15-8-11-3-1-2-4-14(11)18-9-10-5-6-13(17)12(16)7-10/h1-7,18H,8-9H2. The lowest BCUT2D eigenvalue weighted by molar-refractivity contribution is 0.627. The van der Waals surface area contributed by atoms with E-state index in [1.807, 2.05) is 24.3 Å². The monoisotopic (exact) mass is 283 g/mol. The number of rotatable bonds is 4. The molecule has 0 amide bonds. The second-order valence-electron chi connectivity index (χ2n) is 3.89. The zero-order chi connectivity index (χ0) is 13.0. The minimum absolute atomic E-state index is 0.139. The maximum Gasteiger partial charge on any atom is 0.141 e. The van der Waals surface area contributed by atoms with E-state index in [2.05, 4.69) is 5.32 Å². The first-order valence-electron chi connectivity index (χ1n) is 5.52. The first-order chi connectivity index (χ1) is 8.70. The summed E-state index contributed by atoms with van der Waals surface area (Å²) >= 11 is 11.6. The van der Waals surface area contributed by atoms with Gasteiger partial charge in [0.25, 0.3) is 0 Å². The number of benzene rings is 2. The van der Waals surface area contributed by atoms with Gasteiger partial charge in [-0.25, -0.2) is 4.39 Å². The molecule has 0 fully saturated rings. The second kappa shape index (κ2) is 6.07. The van der Waals surface area contributed by atoms with Crippen molar-refractivity contribution >= 4 is 28.9 Å². The van der Waals surface area contributed by atoms with E-state index in [1.54, 1.807) is 12.1 Å². The molecule has 2 aromatic carbocycles. The highest BCUT2D eigenvalue weighted by Crippen LogP contribution is 2.20. The smallest absolute Gasteiger partial charge is 0.141 e. The maximum atomic E-state index is 13.0. The van der Waals surface area contributed by atoms with Crippen molar-refractivity contribution < 1.29 is 4.39 Å². The minimum atomic E-state index is -0.401. The summed E-state index contributed by atoms with van der Waals surface area (Å²) in [4.78, 5) is 0. The maximum absolute atomic E-state index is 13.0. The average molecular weight is 284 g/mol. The predicted octanol–water partition coefficient (Wildman–Crippen LogP) is 4.83. The van der Waals surface area contributed by atoms with Gasteiger partial charge in [0.2, 0.25) is 0 Å². The Morgan fingerprint density at radius 2 is 1.89 bits per heavy atom. The number of hydrogen-bond acceptors (Lipinski definition) is 1. The van der Waals surface area contributed by atoms with Crippen molar-refractivity contribution in [2.45, 2.75) is 12.4 Å². The largest absolute Gasteiger partial charge is 0.381 e. The number of hydrogen-bond donors (Lipinski definition) is 1. The van der Waals surface area contributed by atoms with Crippen LogP contribution in [0.3, 0.4) is 0 Å². The minimum Gasteiger partial charge on any atom is -0.381 e. The molecule has 0 spiro atoms. The van der Waals surface area contributed by atoms with Crippen molar-refractivity contribution in [3.8, 4) is 0 Å². The molecule has 0 aliphatic carbocycles. The van der Waals surface area contributed by atoms with E-state index in [1.165, 1.54) is 6.07 Å². The first-order valence-corrected chi connectivity index (χ1v) is 6.43. The van der Waals surface area contributed by atoms with Crippen molar-refractivity contribution in [1.82, 2.24) is 0 Å². The van der Waals surface area contributed by atoms with Crippen LogP contribution in [0.2, 0.25) is 5.02 Å². The lowest BCUT2D eigenvalue weighted by Gasteiger charge is -2.10. The predicted molar refractivity (Wildman–Crippen MR) is 74.7 cm³/mol. The van der Waals surface area contributed by atoms with Gasteiger partial charge in [0.05, 0.1) is 5.02 Å². The fourth-order valence-corrected chi connectivity index (χ4v) is 2.09. The van der Waals surface area contributed by atoms with Crippen molar-refractivity contribution in [3.63, 3.8) is 0 Å². The SMILES string of the molecule is Fc1ccc(CNc2ccccc2CCl)cc1Cl. The molecule has 0 bridgehead atoms. The van der Waals surface area contributed by atoms with E-state index in [4.69, 9.17) is 23.2 Å². The van der Waals surface area contributed by atoms with E-state index in [-0.39, 0.29) is 5.02 Å². The summed E-state index contributed by atoms with van der Waals surface area (Å²) in [6, 6.07) is 12.5. The molecule has 4 heteroatoms. The number of para-hydroxylation sites is 1. The molecule has 0 aromatic heterocycles. The van der Waals surface area contributed by atoms with Crippen LogP contribution in [0.1, 0.15) is 11.1 Å². The summed E-state index contributed by atoms with van der Waals surface area (Å²) in [7, 11) is 0. The summed E-state index contributed by atoms with van der Waals surface area (Å²) < 4.78 is 13.0. The molecule has 0 aliphatic heterocycles. The molecule has 0 heterocycles. The molecule has 0 saturated heterocycles. The van der Waals surface area contributed by atoms with Crippen molar-refractivity contribution in [2.24, 2.45) is 0 Å². The van der Waals surface area contributed by atoms with Gasteiger partial charge in [-0.2, -0.15) is 0 Å². The Balaban J connectivity index is 2.09. The summed E-state index contributed by atoms with van der Waals surface area (Å²) in [6.45, 7) is 0.577. The van der Waals surface area contributed by atoms with E-state index in [0.717, 1.165) is 16.8 Å². The molecule has 0 radical (unpaired) electrons. The highest BCUT2D eigenvalue weighted by atomic mass is 35.5. The van der Waals surface area contributed by atoms with Gasteiger partial charge in [0, 0.05) is 18.1 Å². The Morgan fingerprint density at radius 1 is 1.11 bits per heavy atom. The number of nitrogens with one attached hydrogen (secondary N) is 1. The highest BCUT2D eigenvalue weighted by Gasteiger charge is 2.03. The molecule has 2 rings (SSSR count). The lowest BCUT2D eigenvalue weighted by Crippen LogP contribution is -2.01. The zero-order valence-corrected chi connectivity index (χ0v) is 11.1. The third-order valence-electron chi connectivity index (χ3n) is 2.63. The molecule has 18 heavy (non-hydrogen) atoms. The lowest BCUT2D eigenvalue weighted by atomic mass is 10.1. The summed E-state index contributed by atoms with van der Waals surface area (Å²) in [5.41, 5.74) is 2.94. The van der Waals surface area contributed by atoms with Gasteiger partial charge in [-0.1, -0.05) is 35.9 Å². The summed E-state index contributed by atoms with van der Waals surface area (Å²) in [6.07, 6.45) is 0. The van der Waals surface area contributed by atoms with Gasteiger partial charge < -0.3 is 5.32 Å². The van der Waals surface area contributed by atoms with Crippen LogP contribution in [0.5, 0.6) is 0 Å². The van der Waals surface area contributed by atoms with Gasteiger partial charge in [-0.15, -0.1) is 11.6 Å². The number of halogens is 3. The number of anilines is 1. The topological polar surface area (TPSA) is 12.0 Å². The Labute approximate surface area is 116 Å². The van der Waals surface area contributed by atoms with Crippen LogP contribution in [-0.4, -0.2) is 0 Å². The molecular formula is C14H12Cl2FN. The highest BCUT2D eigenvalue weighted by molar-refractivity contribution is 6.30. The van der Waals surface area contributed by atoms with Gasteiger partial charge in [-0.05, 0) is 29.3 Å². The van der Waals surface area contributed by atoms with Gasteiger partial charge in [0.1, 0.15) is 5.82 Å². The fraction of sp³-hybridized carbons (Fsp3) is 0.143. The first kappa shape index (κ1) is 13.2. The Hall–Kier alpha value is -1.25. The summed E-state index contributed by atoms with van der Waals surface area (Å²) in [5.74, 6) is 0.0504. The molecule has 0 saturated carbocycles. The van der Waals surface area contributed by atoms with E-state index >= 15 is 0 Å². The van der Waals surface area contributed by atoms with Gasteiger partial charge in [0.15, 0.2) is 0 Å². The molecule has 0 aliphatic rings. The normalized spacial score (nSPS) is 10.4.